The second kappa shape index (κ2) is 10.6. The molecule has 0 fully saturated rings. The van der Waals surface area contributed by atoms with Crippen LogP contribution in [0.1, 0.15) is 21.1 Å². The van der Waals surface area contributed by atoms with Crippen LogP contribution in [0.2, 0.25) is 0 Å². The fourth-order valence-electron chi connectivity index (χ4n) is 2.34. The number of nitrogens with one attached hydrogen (secondary N) is 2. The van der Waals surface area contributed by atoms with Crippen molar-refractivity contribution in [2.75, 3.05) is 20.1 Å². The number of nitrogens with zero attached hydrogens (tertiary/aromatic N) is 2. The van der Waals surface area contributed by atoms with Gasteiger partial charge in [0.15, 0.2) is 5.96 Å². The van der Waals surface area contributed by atoms with Gasteiger partial charge in [0.25, 0.3) is 0 Å². The number of halogens is 2. The highest BCUT2D eigenvalue weighted by atomic mass is 127. The van der Waals surface area contributed by atoms with Crippen LogP contribution in [-0.4, -0.2) is 31.1 Å². The molecule has 4 nitrogen and oxygen atoms in total. The number of hydrogen-bond donors (Lipinski definition) is 2. The molecule has 0 amide bonds. The van der Waals surface area contributed by atoms with Gasteiger partial charge in [0.05, 0.1) is 10.7 Å². The van der Waals surface area contributed by atoms with Crippen LogP contribution < -0.4 is 10.6 Å². The van der Waals surface area contributed by atoms with E-state index >= 15 is 0 Å². The largest absolute Gasteiger partial charge is 0.356 e. The van der Waals surface area contributed by atoms with Gasteiger partial charge in [-0.2, -0.15) is 0 Å². The standard InChI is InChI=1S/C17H23FN4S.HI/c1-12-16(23-13(2)22-12)8-10-21-17(19-3)20-9-7-14-5-4-6-15(18)11-14;/h4-6,11H,7-10H2,1-3H3,(H2,19,20,21);1H. The summed E-state index contributed by atoms with van der Waals surface area (Å²) in [7, 11) is 1.75. The van der Waals surface area contributed by atoms with Crippen LogP contribution in [0.4, 0.5) is 4.39 Å². The Morgan fingerprint density at radius 3 is 2.50 bits per heavy atom. The van der Waals surface area contributed by atoms with Crippen LogP contribution in [0.25, 0.3) is 0 Å². The summed E-state index contributed by atoms with van der Waals surface area (Å²) in [6.45, 7) is 5.59. The molecule has 0 aliphatic rings. The minimum atomic E-state index is -0.194. The van der Waals surface area contributed by atoms with Crippen LogP contribution in [0.3, 0.4) is 0 Å². The molecule has 7 heteroatoms. The molecule has 0 spiro atoms. The minimum absolute atomic E-state index is 0. The topological polar surface area (TPSA) is 49.3 Å². The number of aromatic nitrogens is 1. The molecule has 0 aliphatic carbocycles. The average molecular weight is 462 g/mol. The van der Waals surface area contributed by atoms with Gasteiger partial charge in [-0.1, -0.05) is 12.1 Å². The summed E-state index contributed by atoms with van der Waals surface area (Å²) < 4.78 is 13.1. The lowest BCUT2D eigenvalue weighted by Crippen LogP contribution is -2.39. The molecule has 2 rings (SSSR count). The van der Waals surface area contributed by atoms with E-state index in [4.69, 9.17) is 0 Å². The highest BCUT2D eigenvalue weighted by Gasteiger charge is 2.05. The number of benzene rings is 1. The third kappa shape index (κ3) is 6.72. The summed E-state index contributed by atoms with van der Waals surface area (Å²) in [4.78, 5) is 9.95. The number of guanidine groups is 1. The fourth-order valence-corrected chi connectivity index (χ4v) is 3.27. The van der Waals surface area contributed by atoms with Gasteiger partial charge in [0.1, 0.15) is 5.82 Å². The monoisotopic (exact) mass is 462 g/mol. The molecule has 0 atom stereocenters. The lowest BCUT2D eigenvalue weighted by Gasteiger charge is -2.11. The Bertz CT molecular complexity index is 672. The molecule has 1 heterocycles. The molecular formula is C17H24FIN4S. The van der Waals surface area contributed by atoms with Crippen molar-refractivity contribution < 1.29 is 4.39 Å². The van der Waals surface area contributed by atoms with Gasteiger partial charge >= 0.3 is 0 Å². The van der Waals surface area contributed by atoms with E-state index in [1.165, 1.54) is 10.9 Å². The molecule has 0 saturated carbocycles. The number of hydrogen-bond acceptors (Lipinski definition) is 3. The Kier molecular flexibility index (Phi) is 9.20. The highest BCUT2D eigenvalue weighted by Crippen LogP contribution is 2.16. The van der Waals surface area contributed by atoms with Crippen molar-refractivity contribution in [1.82, 2.24) is 15.6 Å². The number of aryl methyl sites for hydroxylation is 2. The maximum absolute atomic E-state index is 13.1. The van der Waals surface area contributed by atoms with Crippen molar-refractivity contribution >= 4 is 41.3 Å². The smallest absolute Gasteiger partial charge is 0.190 e. The van der Waals surface area contributed by atoms with Gasteiger partial charge in [-0.05, 0) is 38.0 Å². The zero-order valence-electron chi connectivity index (χ0n) is 14.2. The molecule has 1 aromatic heterocycles. The molecule has 132 valence electrons. The van der Waals surface area contributed by atoms with E-state index in [0.29, 0.717) is 6.54 Å². The first kappa shape index (κ1) is 20.8. The molecular weight excluding hydrogens is 438 g/mol. The average Bonchev–Trinajstić information content (AvgIpc) is 2.83. The fraction of sp³-hybridized carbons (Fsp3) is 0.412. The molecule has 0 saturated heterocycles. The van der Waals surface area contributed by atoms with Gasteiger partial charge < -0.3 is 10.6 Å². The third-order valence-corrected chi connectivity index (χ3v) is 4.60. The molecule has 24 heavy (non-hydrogen) atoms. The Morgan fingerprint density at radius 1 is 1.21 bits per heavy atom. The van der Waals surface area contributed by atoms with Gasteiger partial charge in [-0.25, -0.2) is 9.37 Å². The highest BCUT2D eigenvalue weighted by molar-refractivity contribution is 14.0. The van der Waals surface area contributed by atoms with E-state index in [1.807, 2.05) is 19.9 Å². The summed E-state index contributed by atoms with van der Waals surface area (Å²) >= 11 is 1.74. The van der Waals surface area contributed by atoms with E-state index in [2.05, 4.69) is 20.6 Å². The first-order valence-corrected chi connectivity index (χ1v) is 8.52. The van der Waals surface area contributed by atoms with Crippen LogP contribution in [0.5, 0.6) is 0 Å². The van der Waals surface area contributed by atoms with Gasteiger partial charge in [0, 0.05) is 31.4 Å². The van der Waals surface area contributed by atoms with Gasteiger partial charge in [-0.3, -0.25) is 4.99 Å². The second-order valence-corrected chi connectivity index (χ2v) is 6.58. The van der Waals surface area contributed by atoms with Crippen LogP contribution in [0.15, 0.2) is 29.3 Å². The van der Waals surface area contributed by atoms with Crippen LogP contribution in [-0.2, 0) is 12.8 Å². The zero-order valence-corrected chi connectivity index (χ0v) is 17.4. The summed E-state index contributed by atoms with van der Waals surface area (Å²) in [5, 5.41) is 7.65. The van der Waals surface area contributed by atoms with E-state index in [-0.39, 0.29) is 29.8 Å². The Hall–Kier alpha value is -1.22. The first-order valence-electron chi connectivity index (χ1n) is 7.70. The van der Waals surface area contributed by atoms with Crippen molar-refractivity contribution in [2.45, 2.75) is 26.7 Å². The quantitative estimate of drug-likeness (QED) is 0.393. The van der Waals surface area contributed by atoms with E-state index in [0.717, 1.165) is 41.6 Å². The molecule has 1 aromatic carbocycles. The maximum Gasteiger partial charge on any atom is 0.190 e. The SMILES string of the molecule is CN=C(NCCc1cccc(F)c1)NCCc1sc(C)nc1C.I. The molecule has 0 aliphatic heterocycles. The normalized spacial score (nSPS) is 11.1. The van der Waals surface area contributed by atoms with Gasteiger partial charge in [0.2, 0.25) is 0 Å². The summed E-state index contributed by atoms with van der Waals surface area (Å²) in [5.74, 6) is 0.570. The van der Waals surface area contributed by atoms with Crippen LogP contribution in [0, 0.1) is 19.7 Å². The number of thiazole rings is 1. The number of aliphatic imine (C=N–C) groups is 1. The first-order chi connectivity index (χ1) is 11.1. The van der Waals surface area contributed by atoms with Crippen molar-refractivity contribution in [1.29, 1.82) is 0 Å². The lowest BCUT2D eigenvalue weighted by molar-refractivity contribution is 0.625. The van der Waals surface area contributed by atoms with Crippen molar-refractivity contribution in [2.24, 2.45) is 4.99 Å². The van der Waals surface area contributed by atoms with E-state index < -0.39 is 0 Å². The predicted molar refractivity (Wildman–Crippen MR) is 110 cm³/mol. The van der Waals surface area contributed by atoms with Crippen molar-refractivity contribution in [3.8, 4) is 0 Å². The second-order valence-electron chi connectivity index (χ2n) is 5.30. The maximum atomic E-state index is 13.1. The summed E-state index contributed by atoms with van der Waals surface area (Å²) in [6.07, 6.45) is 1.69. The summed E-state index contributed by atoms with van der Waals surface area (Å²) in [6, 6.07) is 6.68. The zero-order chi connectivity index (χ0) is 16.7. The van der Waals surface area contributed by atoms with E-state index in [1.54, 1.807) is 30.5 Å². The van der Waals surface area contributed by atoms with Gasteiger partial charge in [-0.15, -0.1) is 35.3 Å². The predicted octanol–water partition coefficient (Wildman–Crippen LogP) is 3.47. The third-order valence-electron chi connectivity index (χ3n) is 3.46. The molecule has 2 N–H and O–H groups in total. The van der Waals surface area contributed by atoms with Crippen molar-refractivity contribution in [3.63, 3.8) is 0 Å². The van der Waals surface area contributed by atoms with Crippen molar-refractivity contribution in [3.05, 3.63) is 51.2 Å². The Balaban J connectivity index is 0.00000288. The molecule has 0 bridgehead atoms. The minimum Gasteiger partial charge on any atom is -0.356 e. The Labute approximate surface area is 164 Å². The van der Waals surface area contributed by atoms with E-state index in [9.17, 15) is 4.39 Å². The Morgan fingerprint density at radius 2 is 1.92 bits per heavy atom. The lowest BCUT2D eigenvalue weighted by atomic mass is 10.1. The van der Waals surface area contributed by atoms with Crippen LogP contribution >= 0.6 is 35.3 Å². The number of rotatable bonds is 6. The summed E-state index contributed by atoms with van der Waals surface area (Å²) in [5.41, 5.74) is 2.09. The molecule has 2 aromatic rings. The molecule has 0 unspecified atom stereocenters. The molecule has 0 radical (unpaired) electrons.